The van der Waals surface area contributed by atoms with Gasteiger partial charge in [0.2, 0.25) is 0 Å². The lowest BCUT2D eigenvalue weighted by Gasteiger charge is -2.36. The Hall–Kier alpha value is -1.82. The van der Waals surface area contributed by atoms with Crippen LogP contribution >= 0.6 is 11.6 Å². The van der Waals surface area contributed by atoms with Crippen LogP contribution in [0, 0.1) is 17.2 Å². The highest BCUT2D eigenvalue weighted by molar-refractivity contribution is 6.31. The van der Waals surface area contributed by atoms with Crippen LogP contribution in [0.1, 0.15) is 64.5 Å². The zero-order valence-corrected chi connectivity index (χ0v) is 19.1. The van der Waals surface area contributed by atoms with Crippen molar-refractivity contribution in [3.63, 3.8) is 0 Å². The zero-order valence-electron chi connectivity index (χ0n) is 18.4. The lowest BCUT2D eigenvalue weighted by Crippen LogP contribution is -2.38. The summed E-state index contributed by atoms with van der Waals surface area (Å²) < 4.78 is 0. The summed E-state index contributed by atoms with van der Waals surface area (Å²) in [6.45, 7) is 10.8. The second kappa shape index (κ2) is 11.4. The molecule has 0 bridgehead atoms. The third-order valence-electron chi connectivity index (χ3n) is 6.14. The first kappa shape index (κ1) is 23.5. The maximum absolute atomic E-state index is 10.3. The average molecular weight is 411 g/mol. The van der Waals surface area contributed by atoms with Crippen LogP contribution in [-0.2, 0) is 12.0 Å². The predicted octanol–water partition coefficient (Wildman–Crippen LogP) is 7.23. The summed E-state index contributed by atoms with van der Waals surface area (Å²) in [4.78, 5) is 2.59. The van der Waals surface area contributed by atoms with Crippen LogP contribution in [0.25, 0.3) is 0 Å². The van der Waals surface area contributed by atoms with Crippen molar-refractivity contribution in [1.29, 1.82) is 5.26 Å². The van der Waals surface area contributed by atoms with Crippen molar-refractivity contribution >= 4 is 11.6 Å². The highest BCUT2D eigenvalue weighted by atomic mass is 35.5. The van der Waals surface area contributed by atoms with Crippen LogP contribution in [0.2, 0.25) is 5.02 Å². The van der Waals surface area contributed by atoms with Gasteiger partial charge in [0, 0.05) is 17.6 Å². The van der Waals surface area contributed by atoms with Crippen LogP contribution in [0.4, 0.5) is 0 Å². The van der Waals surface area contributed by atoms with Crippen molar-refractivity contribution < 1.29 is 0 Å². The first-order valence-electron chi connectivity index (χ1n) is 10.9. The molecule has 0 aliphatic rings. The first-order valence-corrected chi connectivity index (χ1v) is 11.3. The van der Waals surface area contributed by atoms with E-state index in [1.807, 2.05) is 24.3 Å². The minimum atomic E-state index is -0.559. The first-order chi connectivity index (χ1) is 14.0. The average Bonchev–Trinajstić information content (AvgIpc) is 2.73. The molecule has 0 saturated carbocycles. The Morgan fingerprint density at radius 1 is 1.03 bits per heavy atom. The minimum absolute atomic E-state index is 0.193. The van der Waals surface area contributed by atoms with Gasteiger partial charge in [0.25, 0.3) is 0 Å². The highest BCUT2D eigenvalue weighted by Crippen LogP contribution is 2.41. The molecule has 2 nitrogen and oxygen atoms in total. The van der Waals surface area contributed by atoms with Gasteiger partial charge in [-0.05, 0) is 55.3 Å². The molecule has 0 aliphatic carbocycles. The van der Waals surface area contributed by atoms with Gasteiger partial charge < -0.3 is 0 Å². The number of halogens is 1. The topological polar surface area (TPSA) is 27.0 Å². The Labute approximate surface area is 182 Å². The third-order valence-corrected chi connectivity index (χ3v) is 6.47. The maximum atomic E-state index is 10.3. The van der Waals surface area contributed by atoms with Crippen molar-refractivity contribution in [1.82, 2.24) is 4.90 Å². The Kier molecular flexibility index (Phi) is 9.21. The SMILES string of the molecule is CCCN(Cc1ccccc1)C(CC)CCC(C#N)(c1ccccc1Cl)C(C)C. The monoisotopic (exact) mass is 410 g/mol. The van der Waals surface area contributed by atoms with Gasteiger partial charge in [-0.2, -0.15) is 5.26 Å². The van der Waals surface area contributed by atoms with E-state index in [9.17, 15) is 5.26 Å². The zero-order chi connectivity index (χ0) is 21.3. The molecule has 0 fully saturated rings. The van der Waals surface area contributed by atoms with E-state index in [1.165, 1.54) is 5.56 Å². The number of nitrogens with zero attached hydrogens (tertiary/aromatic N) is 2. The van der Waals surface area contributed by atoms with Gasteiger partial charge in [-0.1, -0.05) is 87.8 Å². The minimum Gasteiger partial charge on any atom is -0.296 e. The summed E-state index contributed by atoms with van der Waals surface area (Å²) in [6.07, 6.45) is 4.01. The van der Waals surface area contributed by atoms with Crippen molar-refractivity contribution in [3.8, 4) is 6.07 Å². The molecule has 0 saturated heterocycles. The van der Waals surface area contributed by atoms with Crippen molar-refractivity contribution in [2.24, 2.45) is 5.92 Å². The molecule has 2 unspecified atom stereocenters. The third kappa shape index (κ3) is 5.84. The molecule has 0 spiro atoms. The molecular weight excluding hydrogens is 376 g/mol. The van der Waals surface area contributed by atoms with E-state index in [4.69, 9.17) is 11.6 Å². The van der Waals surface area contributed by atoms with Crippen molar-refractivity contribution in [2.45, 2.75) is 71.4 Å². The van der Waals surface area contributed by atoms with Gasteiger partial charge in [0.15, 0.2) is 0 Å². The van der Waals surface area contributed by atoms with Crippen molar-refractivity contribution in [3.05, 3.63) is 70.7 Å². The Morgan fingerprint density at radius 3 is 2.24 bits per heavy atom. The van der Waals surface area contributed by atoms with Crippen LogP contribution in [0.3, 0.4) is 0 Å². The number of rotatable bonds is 11. The lowest BCUT2D eigenvalue weighted by atomic mass is 9.69. The Bertz CT molecular complexity index is 781. The maximum Gasteiger partial charge on any atom is 0.0860 e. The van der Waals surface area contributed by atoms with Gasteiger partial charge in [-0.3, -0.25) is 4.90 Å². The van der Waals surface area contributed by atoms with E-state index in [-0.39, 0.29) is 5.92 Å². The van der Waals surface area contributed by atoms with Gasteiger partial charge in [-0.25, -0.2) is 0 Å². The second-order valence-electron chi connectivity index (χ2n) is 8.27. The molecule has 2 atom stereocenters. The summed E-state index contributed by atoms with van der Waals surface area (Å²) >= 11 is 6.54. The molecule has 0 radical (unpaired) electrons. The molecule has 0 heterocycles. The largest absolute Gasteiger partial charge is 0.296 e. The predicted molar refractivity (Wildman–Crippen MR) is 124 cm³/mol. The number of hydrogen-bond donors (Lipinski definition) is 0. The van der Waals surface area contributed by atoms with Crippen molar-refractivity contribution in [2.75, 3.05) is 6.54 Å². The molecular formula is C26H35ClN2. The summed E-state index contributed by atoms with van der Waals surface area (Å²) in [5.41, 5.74) is 1.76. The number of benzene rings is 2. The van der Waals surface area contributed by atoms with Crippen LogP contribution in [-0.4, -0.2) is 17.5 Å². The molecule has 2 aromatic rings. The summed E-state index contributed by atoms with van der Waals surface area (Å²) in [6, 6.07) is 21.7. The smallest absolute Gasteiger partial charge is 0.0860 e. The van der Waals surface area contributed by atoms with Gasteiger partial charge >= 0.3 is 0 Å². The standard InChI is InChI=1S/C26H35ClN2/c1-5-18-29(19-22-12-8-7-9-13-22)23(6-2)16-17-26(20-28,21(3)4)24-14-10-11-15-25(24)27/h7-15,21,23H,5-6,16-19H2,1-4H3. The summed E-state index contributed by atoms with van der Waals surface area (Å²) in [5, 5.41) is 11.0. The highest BCUT2D eigenvalue weighted by Gasteiger charge is 2.38. The molecule has 0 amide bonds. The van der Waals surface area contributed by atoms with Crippen LogP contribution in [0.5, 0.6) is 0 Å². The summed E-state index contributed by atoms with van der Waals surface area (Å²) in [7, 11) is 0. The molecule has 156 valence electrons. The van der Waals surface area contributed by atoms with Crippen LogP contribution < -0.4 is 0 Å². The lowest BCUT2D eigenvalue weighted by molar-refractivity contribution is 0.160. The normalized spacial score (nSPS) is 14.6. The molecule has 3 heteroatoms. The van der Waals surface area contributed by atoms with E-state index < -0.39 is 5.41 Å². The Balaban J connectivity index is 2.24. The van der Waals surface area contributed by atoms with E-state index in [2.05, 4.69) is 69.0 Å². The number of hydrogen-bond acceptors (Lipinski definition) is 2. The Morgan fingerprint density at radius 2 is 1.69 bits per heavy atom. The van der Waals surface area contributed by atoms with E-state index in [0.29, 0.717) is 11.1 Å². The fourth-order valence-electron chi connectivity index (χ4n) is 4.34. The molecule has 2 rings (SSSR count). The fraction of sp³-hybridized carbons (Fsp3) is 0.500. The molecule has 0 aliphatic heterocycles. The molecule has 0 aromatic heterocycles. The van der Waals surface area contributed by atoms with E-state index in [1.54, 1.807) is 0 Å². The fourth-order valence-corrected chi connectivity index (χ4v) is 4.64. The molecule has 0 N–H and O–H groups in total. The van der Waals surface area contributed by atoms with Gasteiger partial charge in [0.1, 0.15) is 0 Å². The summed E-state index contributed by atoms with van der Waals surface area (Å²) in [5.74, 6) is 0.193. The molecule has 2 aromatic carbocycles. The van der Waals surface area contributed by atoms with E-state index in [0.717, 1.165) is 44.3 Å². The second-order valence-corrected chi connectivity index (χ2v) is 8.68. The molecule has 29 heavy (non-hydrogen) atoms. The number of nitriles is 1. The van der Waals surface area contributed by atoms with E-state index >= 15 is 0 Å². The van der Waals surface area contributed by atoms with Crippen LogP contribution in [0.15, 0.2) is 54.6 Å². The van der Waals surface area contributed by atoms with Gasteiger partial charge in [-0.15, -0.1) is 0 Å². The quantitative estimate of drug-likeness (QED) is 0.390. The van der Waals surface area contributed by atoms with Gasteiger partial charge in [0.05, 0.1) is 11.5 Å².